The lowest BCUT2D eigenvalue weighted by atomic mass is 10.1. The van der Waals surface area contributed by atoms with E-state index in [1.54, 1.807) is 0 Å². The minimum Gasteiger partial charge on any atom is -0.342 e. The van der Waals surface area contributed by atoms with Gasteiger partial charge in [0.15, 0.2) is 5.82 Å². The van der Waals surface area contributed by atoms with Crippen LogP contribution in [0.15, 0.2) is 4.52 Å². The van der Waals surface area contributed by atoms with Gasteiger partial charge in [-0.2, -0.15) is 4.98 Å². The fourth-order valence-electron chi connectivity index (χ4n) is 3.88. The second kappa shape index (κ2) is 6.42. The first kappa shape index (κ1) is 16.5. The Morgan fingerprint density at radius 2 is 2.12 bits per heavy atom. The molecule has 1 aliphatic carbocycles. The van der Waals surface area contributed by atoms with Crippen molar-refractivity contribution < 1.29 is 14.1 Å². The summed E-state index contributed by atoms with van der Waals surface area (Å²) in [6, 6.07) is -0.115. The molecule has 136 valence electrons. The van der Waals surface area contributed by atoms with Crippen molar-refractivity contribution in [3.63, 3.8) is 0 Å². The van der Waals surface area contributed by atoms with E-state index in [-0.39, 0.29) is 29.7 Å². The van der Waals surface area contributed by atoms with Crippen LogP contribution in [0.3, 0.4) is 0 Å². The molecular weight excluding hydrogens is 320 g/mol. The summed E-state index contributed by atoms with van der Waals surface area (Å²) in [5.41, 5.74) is 0. The topological polar surface area (TPSA) is 79.5 Å². The number of hydrogen-bond acceptors (Lipinski definition) is 5. The molecule has 0 bridgehead atoms. The Labute approximate surface area is 147 Å². The van der Waals surface area contributed by atoms with Crippen LogP contribution in [0.5, 0.6) is 0 Å². The summed E-state index contributed by atoms with van der Waals surface area (Å²) in [7, 11) is 0. The molecule has 2 saturated heterocycles. The second-order valence-electron chi connectivity index (χ2n) is 7.98. The Balaban J connectivity index is 1.44. The third-order valence-corrected chi connectivity index (χ3v) is 5.52. The fourth-order valence-corrected chi connectivity index (χ4v) is 3.88. The van der Waals surface area contributed by atoms with Crippen molar-refractivity contribution in [2.45, 2.75) is 57.9 Å². The number of hydrogen-bond donors (Lipinski definition) is 0. The number of amides is 2. The predicted octanol–water partition coefficient (Wildman–Crippen LogP) is 2.12. The number of carbonyl (C=O) groups is 2. The molecule has 2 atom stereocenters. The number of rotatable bonds is 5. The Morgan fingerprint density at radius 3 is 2.80 bits per heavy atom. The molecule has 3 aliphatic rings. The van der Waals surface area contributed by atoms with Crippen molar-refractivity contribution in [2.24, 2.45) is 11.8 Å². The summed E-state index contributed by atoms with van der Waals surface area (Å²) < 4.78 is 5.32. The standard InChI is InChI=1S/C18H26N4O3/c1-11(2)17-19-16(20-25-17)14-4-3-7-22(14)18(24)13-8-15(23)21(10-13)9-12-5-6-12/h11-14H,3-10H2,1-2H3. The largest absolute Gasteiger partial charge is 0.342 e. The lowest BCUT2D eigenvalue weighted by Crippen LogP contribution is -2.37. The van der Waals surface area contributed by atoms with E-state index in [0.717, 1.165) is 19.4 Å². The molecule has 2 aliphatic heterocycles. The first-order valence-corrected chi connectivity index (χ1v) is 9.44. The van der Waals surface area contributed by atoms with Crippen molar-refractivity contribution in [3.8, 4) is 0 Å². The van der Waals surface area contributed by atoms with Crippen molar-refractivity contribution in [1.29, 1.82) is 0 Å². The van der Waals surface area contributed by atoms with Crippen LogP contribution in [0, 0.1) is 11.8 Å². The minimum atomic E-state index is -0.219. The van der Waals surface area contributed by atoms with Gasteiger partial charge in [0, 0.05) is 32.0 Å². The molecule has 2 amide bonds. The summed E-state index contributed by atoms with van der Waals surface area (Å²) in [6.07, 6.45) is 4.57. The molecule has 0 aromatic carbocycles. The number of nitrogens with zero attached hydrogens (tertiary/aromatic N) is 4. The quantitative estimate of drug-likeness (QED) is 0.816. The van der Waals surface area contributed by atoms with Crippen molar-refractivity contribution >= 4 is 11.8 Å². The van der Waals surface area contributed by atoms with Crippen LogP contribution in [0.4, 0.5) is 0 Å². The smallest absolute Gasteiger partial charge is 0.229 e. The van der Waals surface area contributed by atoms with Gasteiger partial charge in [-0.05, 0) is 31.6 Å². The van der Waals surface area contributed by atoms with E-state index in [4.69, 9.17) is 4.52 Å². The highest BCUT2D eigenvalue weighted by Gasteiger charge is 2.42. The normalized spacial score (nSPS) is 26.9. The van der Waals surface area contributed by atoms with Crippen LogP contribution in [-0.2, 0) is 9.59 Å². The highest BCUT2D eigenvalue weighted by Crippen LogP contribution is 2.35. The summed E-state index contributed by atoms with van der Waals surface area (Å²) in [6.45, 7) is 6.12. The van der Waals surface area contributed by atoms with Gasteiger partial charge in [0.05, 0.1) is 12.0 Å². The van der Waals surface area contributed by atoms with E-state index in [0.29, 0.717) is 37.1 Å². The third kappa shape index (κ3) is 3.28. The molecule has 7 heteroatoms. The Morgan fingerprint density at radius 1 is 1.32 bits per heavy atom. The average Bonchev–Trinajstić information content (AvgIpc) is 3.00. The van der Waals surface area contributed by atoms with Gasteiger partial charge in [-0.25, -0.2) is 0 Å². The van der Waals surface area contributed by atoms with Crippen molar-refractivity contribution in [1.82, 2.24) is 19.9 Å². The maximum absolute atomic E-state index is 13.0. The van der Waals surface area contributed by atoms with Crippen LogP contribution >= 0.6 is 0 Å². The van der Waals surface area contributed by atoms with Gasteiger partial charge in [0.2, 0.25) is 17.7 Å². The van der Waals surface area contributed by atoms with E-state index in [1.807, 2.05) is 23.6 Å². The lowest BCUT2D eigenvalue weighted by Gasteiger charge is -2.25. The average molecular weight is 346 g/mol. The Kier molecular flexibility index (Phi) is 4.25. The molecule has 3 fully saturated rings. The molecule has 1 aromatic heterocycles. The molecule has 25 heavy (non-hydrogen) atoms. The summed E-state index contributed by atoms with van der Waals surface area (Å²) in [5.74, 6) is 2.03. The van der Waals surface area contributed by atoms with Gasteiger partial charge in [0.25, 0.3) is 0 Å². The number of likely N-dealkylation sites (tertiary alicyclic amines) is 2. The molecular formula is C18H26N4O3. The molecule has 0 spiro atoms. The predicted molar refractivity (Wildman–Crippen MR) is 89.5 cm³/mol. The van der Waals surface area contributed by atoms with Crippen molar-refractivity contribution in [3.05, 3.63) is 11.7 Å². The Hall–Kier alpha value is -1.92. The summed E-state index contributed by atoms with van der Waals surface area (Å²) >= 11 is 0. The van der Waals surface area contributed by atoms with Gasteiger partial charge in [-0.3, -0.25) is 9.59 Å². The van der Waals surface area contributed by atoms with Crippen LogP contribution in [0.1, 0.15) is 69.6 Å². The van der Waals surface area contributed by atoms with Gasteiger partial charge >= 0.3 is 0 Å². The van der Waals surface area contributed by atoms with E-state index < -0.39 is 0 Å². The number of aromatic nitrogens is 2. The van der Waals surface area contributed by atoms with E-state index in [9.17, 15) is 9.59 Å². The van der Waals surface area contributed by atoms with E-state index in [2.05, 4.69) is 10.1 Å². The van der Waals surface area contributed by atoms with Crippen LogP contribution < -0.4 is 0 Å². The first-order chi connectivity index (χ1) is 12.0. The van der Waals surface area contributed by atoms with Crippen LogP contribution in [-0.4, -0.2) is 51.4 Å². The van der Waals surface area contributed by atoms with E-state index >= 15 is 0 Å². The summed E-state index contributed by atoms with van der Waals surface area (Å²) in [5, 5.41) is 4.10. The Bertz CT molecular complexity index is 667. The van der Waals surface area contributed by atoms with Gasteiger partial charge < -0.3 is 14.3 Å². The van der Waals surface area contributed by atoms with Crippen LogP contribution in [0.2, 0.25) is 0 Å². The highest BCUT2D eigenvalue weighted by molar-refractivity contribution is 5.89. The first-order valence-electron chi connectivity index (χ1n) is 9.44. The van der Waals surface area contributed by atoms with Gasteiger partial charge in [0.1, 0.15) is 0 Å². The molecule has 0 N–H and O–H groups in total. The fraction of sp³-hybridized carbons (Fsp3) is 0.778. The zero-order valence-corrected chi connectivity index (χ0v) is 15.0. The third-order valence-electron chi connectivity index (χ3n) is 5.52. The SMILES string of the molecule is CC(C)c1nc(C2CCCN2C(=O)C2CC(=O)N(CC3CC3)C2)no1. The van der Waals surface area contributed by atoms with Crippen LogP contribution in [0.25, 0.3) is 0 Å². The molecule has 1 saturated carbocycles. The lowest BCUT2D eigenvalue weighted by molar-refractivity contribution is -0.136. The molecule has 1 aromatic rings. The van der Waals surface area contributed by atoms with Gasteiger partial charge in [-0.15, -0.1) is 0 Å². The maximum Gasteiger partial charge on any atom is 0.229 e. The molecule has 3 heterocycles. The zero-order valence-electron chi connectivity index (χ0n) is 15.0. The van der Waals surface area contributed by atoms with Crippen molar-refractivity contribution in [2.75, 3.05) is 19.6 Å². The monoisotopic (exact) mass is 346 g/mol. The number of carbonyl (C=O) groups excluding carboxylic acids is 2. The highest BCUT2D eigenvalue weighted by atomic mass is 16.5. The van der Waals surface area contributed by atoms with E-state index in [1.165, 1.54) is 12.8 Å². The minimum absolute atomic E-state index is 0.0741. The molecule has 2 unspecified atom stereocenters. The molecule has 4 rings (SSSR count). The molecule has 0 radical (unpaired) electrons. The summed E-state index contributed by atoms with van der Waals surface area (Å²) in [4.78, 5) is 33.5. The maximum atomic E-state index is 13.0. The second-order valence-corrected chi connectivity index (χ2v) is 7.98. The van der Waals surface area contributed by atoms with Gasteiger partial charge in [-0.1, -0.05) is 19.0 Å². The zero-order chi connectivity index (χ0) is 17.6. The molecule has 7 nitrogen and oxygen atoms in total.